The molecule has 2 atom stereocenters. The van der Waals surface area contributed by atoms with E-state index in [4.69, 9.17) is 0 Å². The van der Waals surface area contributed by atoms with Crippen molar-refractivity contribution in [2.24, 2.45) is 11.3 Å². The van der Waals surface area contributed by atoms with Gasteiger partial charge in [0.25, 0.3) is 0 Å². The van der Waals surface area contributed by atoms with E-state index >= 15 is 0 Å². The highest BCUT2D eigenvalue weighted by Gasteiger charge is 2.45. The fraction of sp³-hybridized carbons (Fsp3) is 0.571. The van der Waals surface area contributed by atoms with Crippen molar-refractivity contribution in [3.05, 3.63) is 35.9 Å². The Kier molecular flexibility index (Phi) is 2.49. The van der Waals surface area contributed by atoms with Crippen LogP contribution >= 0.6 is 0 Å². The second-order valence-corrected chi connectivity index (χ2v) is 5.64. The van der Waals surface area contributed by atoms with Crippen molar-refractivity contribution < 1.29 is 0 Å². The molecule has 3 rings (SSSR count). The van der Waals surface area contributed by atoms with Crippen LogP contribution in [-0.2, 0) is 6.54 Å². The lowest BCUT2D eigenvalue weighted by Gasteiger charge is -2.22. The van der Waals surface area contributed by atoms with Gasteiger partial charge in [0.15, 0.2) is 0 Å². The molecule has 0 spiro atoms. The van der Waals surface area contributed by atoms with Crippen LogP contribution in [0.1, 0.15) is 12.5 Å². The predicted octanol–water partition coefficient (Wildman–Crippen LogP) is 1.73. The molecule has 0 radical (unpaired) electrons. The smallest absolute Gasteiger partial charge is 0.0234 e. The van der Waals surface area contributed by atoms with Gasteiger partial charge < -0.3 is 5.32 Å². The molecule has 1 N–H and O–H groups in total. The largest absolute Gasteiger partial charge is 0.316 e. The molecule has 86 valence electrons. The summed E-state index contributed by atoms with van der Waals surface area (Å²) in [6, 6.07) is 10.8. The van der Waals surface area contributed by atoms with Crippen LogP contribution in [0.2, 0.25) is 0 Å². The van der Waals surface area contributed by atoms with Crippen LogP contribution < -0.4 is 5.32 Å². The molecule has 2 aliphatic heterocycles. The average molecular weight is 216 g/mol. The van der Waals surface area contributed by atoms with Crippen LogP contribution in [0.25, 0.3) is 0 Å². The number of nitrogens with zero attached hydrogens (tertiary/aromatic N) is 1. The summed E-state index contributed by atoms with van der Waals surface area (Å²) in [4.78, 5) is 2.61. The van der Waals surface area contributed by atoms with Crippen LogP contribution in [0.3, 0.4) is 0 Å². The molecule has 1 aromatic rings. The minimum absolute atomic E-state index is 0.523. The molecule has 0 saturated carbocycles. The molecule has 0 amide bonds. The second-order valence-electron chi connectivity index (χ2n) is 5.64. The first-order valence-electron chi connectivity index (χ1n) is 6.23. The van der Waals surface area contributed by atoms with E-state index in [0.717, 1.165) is 12.5 Å². The van der Waals surface area contributed by atoms with Gasteiger partial charge in [-0.1, -0.05) is 37.3 Å². The molecule has 2 aliphatic rings. The third-order valence-corrected chi connectivity index (χ3v) is 4.22. The van der Waals surface area contributed by atoms with Gasteiger partial charge in [-0.25, -0.2) is 0 Å². The predicted molar refractivity (Wildman–Crippen MR) is 66.2 cm³/mol. The number of nitrogens with one attached hydrogen (secondary N) is 1. The van der Waals surface area contributed by atoms with Gasteiger partial charge in [0.2, 0.25) is 0 Å². The summed E-state index contributed by atoms with van der Waals surface area (Å²) in [5.41, 5.74) is 1.97. The van der Waals surface area contributed by atoms with Crippen molar-refractivity contribution in [3.8, 4) is 0 Å². The van der Waals surface area contributed by atoms with E-state index in [0.29, 0.717) is 5.41 Å². The molecule has 1 aromatic carbocycles. The lowest BCUT2D eigenvalue weighted by Crippen LogP contribution is -2.29. The van der Waals surface area contributed by atoms with E-state index in [2.05, 4.69) is 47.5 Å². The zero-order chi connectivity index (χ0) is 11.0. The van der Waals surface area contributed by atoms with Crippen molar-refractivity contribution in [1.29, 1.82) is 0 Å². The molecule has 0 aromatic heterocycles. The summed E-state index contributed by atoms with van der Waals surface area (Å²) in [5, 5.41) is 3.52. The summed E-state index contributed by atoms with van der Waals surface area (Å²) < 4.78 is 0. The van der Waals surface area contributed by atoms with Crippen LogP contribution in [-0.4, -0.2) is 31.1 Å². The Balaban J connectivity index is 1.67. The molecule has 2 saturated heterocycles. The zero-order valence-electron chi connectivity index (χ0n) is 9.95. The number of fused-ring (bicyclic) bond motifs is 1. The van der Waals surface area contributed by atoms with Gasteiger partial charge in [-0.2, -0.15) is 0 Å². The number of hydrogen-bond acceptors (Lipinski definition) is 2. The minimum Gasteiger partial charge on any atom is -0.316 e. The third kappa shape index (κ3) is 1.76. The minimum atomic E-state index is 0.523. The lowest BCUT2D eigenvalue weighted by atomic mass is 9.83. The van der Waals surface area contributed by atoms with Crippen molar-refractivity contribution in [2.45, 2.75) is 13.5 Å². The van der Waals surface area contributed by atoms with Crippen LogP contribution in [0.15, 0.2) is 30.3 Å². The Hall–Kier alpha value is -0.860. The molecule has 0 aliphatic carbocycles. The van der Waals surface area contributed by atoms with Gasteiger partial charge in [0, 0.05) is 26.2 Å². The molecule has 0 bridgehead atoms. The number of likely N-dealkylation sites (tertiary alicyclic amines) is 1. The third-order valence-electron chi connectivity index (χ3n) is 4.22. The monoisotopic (exact) mass is 216 g/mol. The van der Waals surface area contributed by atoms with Crippen molar-refractivity contribution in [1.82, 2.24) is 10.2 Å². The maximum Gasteiger partial charge on any atom is 0.0234 e. The Morgan fingerprint density at radius 3 is 2.94 bits per heavy atom. The van der Waals surface area contributed by atoms with Gasteiger partial charge in [-0.05, 0) is 23.4 Å². The summed E-state index contributed by atoms with van der Waals surface area (Å²) in [6.45, 7) is 8.47. The van der Waals surface area contributed by atoms with Crippen LogP contribution in [0.4, 0.5) is 0 Å². The average Bonchev–Trinajstić information content (AvgIpc) is 2.74. The van der Waals surface area contributed by atoms with Gasteiger partial charge in [-0.3, -0.25) is 4.90 Å². The molecular formula is C14H20N2. The van der Waals surface area contributed by atoms with E-state index in [1.165, 1.54) is 31.7 Å². The molecule has 2 heterocycles. The van der Waals surface area contributed by atoms with E-state index in [1.807, 2.05) is 0 Å². The first kappa shape index (κ1) is 10.3. The lowest BCUT2D eigenvalue weighted by molar-refractivity contribution is 0.272. The number of rotatable bonds is 2. The van der Waals surface area contributed by atoms with Gasteiger partial charge in [0.05, 0.1) is 0 Å². The molecule has 2 nitrogen and oxygen atoms in total. The van der Waals surface area contributed by atoms with E-state index in [1.54, 1.807) is 0 Å². The molecular weight excluding hydrogens is 196 g/mol. The highest BCUT2D eigenvalue weighted by atomic mass is 15.2. The van der Waals surface area contributed by atoms with Gasteiger partial charge in [-0.15, -0.1) is 0 Å². The van der Waals surface area contributed by atoms with E-state index in [-0.39, 0.29) is 0 Å². The fourth-order valence-corrected chi connectivity index (χ4v) is 3.24. The van der Waals surface area contributed by atoms with Crippen molar-refractivity contribution >= 4 is 0 Å². The molecule has 2 fully saturated rings. The van der Waals surface area contributed by atoms with Crippen molar-refractivity contribution in [3.63, 3.8) is 0 Å². The molecule has 2 heteroatoms. The van der Waals surface area contributed by atoms with Gasteiger partial charge >= 0.3 is 0 Å². The maximum atomic E-state index is 3.52. The second kappa shape index (κ2) is 3.86. The molecule has 16 heavy (non-hydrogen) atoms. The first-order valence-corrected chi connectivity index (χ1v) is 6.23. The zero-order valence-corrected chi connectivity index (χ0v) is 9.95. The Morgan fingerprint density at radius 2 is 2.19 bits per heavy atom. The van der Waals surface area contributed by atoms with E-state index in [9.17, 15) is 0 Å². The van der Waals surface area contributed by atoms with Crippen molar-refractivity contribution in [2.75, 3.05) is 26.2 Å². The topological polar surface area (TPSA) is 15.3 Å². The Bertz CT molecular complexity index is 362. The molecule has 0 unspecified atom stereocenters. The normalized spacial score (nSPS) is 34.2. The summed E-state index contributed by atoms with van der Waals surface area (Å²) in [6.07, 6.45) is 0. The Labute approximate surface area is 97.6 Å². The standard InChI is InChI=1S/C14H20N2/c1-14-10-15-7-13(14)9-16(11-14)8-12-5-3-2-4-6-12/h2-6,13,15H,7-11H2,1H3/t13-,14-/m1/s1. The maximum absolute atomic E-state index is 3.52. The number of hydrogen-bond donors (Lipinski definition) is 1. The Morgan fingerprint density at radius 1 is 1.38 bits per heavy atom. The first-order chi connectivity index (χ1) is 7.76. The van der Waals surface area contributed by atoms with E-state index < -0.39 is 0 Å². The fourth-order valence-electron chi connectivity index (χ4n) is 3.24. The SMILES string of the molecule is C[C@]12CNC[C@@H]1CN(Cc1ccccc1)C2. The van der Waals surface area contributed by atoms with Gasteiger partial charge in [0.1, 0.15) is 0 Å². The number of benzene rings is 1. The highest BCUT2D eigenvalue weighted by molar-refractivity contribution is 5.15. The highest BCUT2D eigenvalue weighted by Crippen LogP contribution is 2.38. The summed E-state index contributed by atoms with van der Waals surface area (Å²) >= 11 is 0. The van der Waals surface area contributed by atoms with Crippen LogP contribution in [0, 0.1) is 11.3 Å². The summed E-state index contributed by atoms with van der Waals surface area (Å²) in [5.74, 6) is 0.858. The quantitative estimate of drug-likeness (QED) is 0.810. The summed E-state index contributed by atoms with van der Waals surface area (Å²) in [7, 11) is 0. The van der Waals surface area contributed by atoms with Crippen LogP contribution in [0.5, 0.6) is 0 Å².